The molecule has 0 spiro atoms. The Balaban J connectivity index is 1.88. The minimum Gasteiger partial charge on any atom is -0.343 e. The molecule has 1 heterocycles. The van der Waals surface area contributed by atoms with Gasteiger partial charge in [0.1, 0.15) is 0 Å². The average molecular weight is 369 g/mol. The molecule has 140 valence electrons. The Hall–Kier alpha value is -1.48. The SMILES string of the molecule is CNCCN(C)C(=O)CN1CCN(S(=O)(=O)c2ccc(C)cc2)CC1. The van der Waals surface area contributed by atoms with E-state index in [1.165, 1.54) is 4.31 Å². The van der Waals surface area contributed by atoms with Crippen LogP contribution in [0.15, 0.2) is 29.2 Å². The van der Waals surface area contributed by atoms with E-state index in [4.69, 9.17) is 0 Å². The zero-order valence-electron chi connectivity index (χ0n) is 15.2. The van der Waals surface area contributed by atoms with E-state index < -0.39 is 10.0 Å². The molecule has 1 aromatic carbocycles. The van der Waals surface area contributed by atoms with Gasteiger partial charge in [-0.05, 0) is 26.1 Å². The van der Waals surface area contributed by atoms with Crippen molar-refractivity contribution in [3.05, 3.63) is 29.8 Å². The summed E-state index contributed by atoms with van der Waals surface area (Å²) >= 11 is 0. The normalized spacial score (nSPS) is 16.8. The molecule has 0 bridgehead atoms. The molecule has 0 unspecified atom stereocenters. The van der Waals surface area contributed by atoms with Gasteiger partial charge in [0.2, 0.25) is 15.9 Å². The molecule has 0 radical (unpaired) electrons. The number of sulfonamides is 1. The standard InChI is InChI=1S/C17H28N4O3S/c1-15-4-6-16(7-5-15)25(23,24)21-12-10-20(11-13-21)14-17(22)19(3)9-8-18-2/h4-7,18H,8-14H2,1-3H3. The summed E-state index contributed by atoms with van der Waals surface area (Å²) in [6.07, 6.45) is 0. The molecule has 1 aliphatic rings. The average Bonchev–Trinajstić information content (AvgIpc) is 2.60. The fourth-order valence-electron chi connectivity index (χ4n) is 2.70. The van der Waals surface area contributed by atoms with Crippen LogP contribution in [0.25, 0.3) is 0 Å². The summed E-state index contributed by atoms with van der Waals surface area (Å²) < 4.78 is 26.9. The summed E-state index contributed by atoms with van der Waals surface area (Å²) in [5, 5.41) is 3.02. The Labute approximate surface area is 150 Å². The molecule has 2 rings (SSSR count). The molecular weight excluding hydrogens is 340 g/mol. The molecule has 7 nitrogen and oxygen atoms in total. The van der Waals surface area contributed by atoms with Gasteiger partial charge in [0.05, 0.1) is 11.4 Å². The molecule has 1 N–H and O–H groups in total. The molecule has 25 heavy (non-hydrogen) atoms. The van der Waals surface area contributed by atoms with E-state index in [-0.39, 0.29) is 5.91 Å². The molecule has 0 saturated carbocycles. The van der Waals surface area contributed by atoms with Gasteiger partial charge in [0.25, 0.3) is 0 Å². The van der Waals surface area contributed by atoms with Gasteiger partial charge in [-0.2, -0.15) is 4.31 Å². The number of carbonyl (C=O) groups excluding carboxylic acids is 1. The van der Waals surface area contributed by atoms with Crippen LogP contribution in [0.3, 0.4) is 0 Å². The van der Waals surface area contributed by atoms with Gasteiger partial charge in [0.15, 0.2) is 0 Å². The van der Waals surface area contributed by atoms with Gasteiger partial charge < -0.3 is 10.2 Å². The van der Waals surface area contributed by atoms with Crippen molar-refractivity contribution in [2.45, 2.75) is 11.8 Å². The van der Waals surface area contributed by atoms with E-state index >= 15 is 0 Å². The Bertz CT molecular complexity index is 668. The van der Waals surface area contributed by atoms with Crippen molar-refractivity contribution in [2.24, 2.45) is 0 Å². The van der Waals surface area contributed by atoms with Gasteiger partial charge in [0, 0.05) is 46.3 Å². The highest BCUT2D eigenvalue weighted by Crippen LogP contribution is 2.18. The van der Waals surface area contributed by atoms with E-state index in [2.05, 4.69) is 5.32 Å². The number of benzene rings is 1. The van der Waals surface area contributed by atoms with E-state index in [1.54, 1.807) is 24.1 Å². The third-order valence-electron chi connectivity index (χ3n) is 4.47. The Morgan fingerprint density at radius 1 is 1.16 bits per heavy atom. The number of rotatable bonds is 7. The monoisotopic (exact) mass is 368 g/mol. The first-order valence-corrected chi connectivity index (χ1v) is 9.96. The summed E-state index contributed by atoms with van der Waals surface area (Å²) in [5.41, 5.74) is 1.03. The zero-order chi connectivity index (χ0) is 18.4. The maximum atomic E-state index is 12.7. The van der Waals surface area contributed by atoms with Crippen LogP contribution >= 0.6 is 0 Å². The summed E-state index contributed by atoms with van der Waals surface area (Å²) in [6.45, 7) is 5.63. The van der Waals surface area contributed by atoms with Crippen molar-refractivity contribution in [1.82, 2.24) is 19.4 Å². The number of likely N-dealkylation sites (N-methyl/N-ethyl adjacent to an activating group) is 2. The number of amides is 1. The fourth-order valence-corrected chi connectivity index (χ4v) is 4.13. The largest absolute Gasteiger partial charge is 0.343 e. The van der Waals surface area contributed by atoms with Gasteiger partial charge in [-0.3, -0.25) is 9.69 Å². The van der Waals surface area contributed by atoms with Crippen LogP contribution in [-0.2, 0) is 14.8 Å². The van der Waals surface area contributed by atoms with Crippen LogP contribution in [0.5, 0.6) is 0 Å². The van der Waals surface area contributed by atoms with Crippen LogP contribution < -0.4 is 5.32 Å². The van der Waals surface area contributed by atoms with E-state index in [0.29, 0.717) is 44.2 Å². The van der Waals surface area contributed by atoms with Crippen molar-refractivity contribution in [1.29, 1.82) is 0 Å². The molecule has 0 atom stereocenters. The highest BCUT2D eigenvalue weighted by molar-refractivity contribution is 7.89. The molecule has 0 aromatic heterocycles. The van der Waals surface area contributed by atoms with Crippen molar-refractivity contribution < 1.29 is 13.2 Å². The molecule has 1 amide bonds. The number of hydrogen-bond donors (Lipinski definition) is 1. The highest BCUT2D eigenvalue weighted by Gasteiger charge is 2.29. The predicted octanol–water partition coefficient (Wildman–Crippen LogP) is -0.0209. The first kappa shape index (κ1) is 19.8. The van der Waals surface area contributed by atoms with Crippen LogP contribution in [-0.4, -0.2) is 88.3 Å². The molecular formula is C17H28N4O3S. The highest BCUT2D eigenvalue weighted by atomic mass is 32.2. The summed E-state index contributed by atoms with van der Waals surface area (Å²) in [5.74, 6) is 0.0603. The fraction of sp³-hybridized carbons (Fsp3) is 0.588. The lowest BCUT2D eigenvalue weighted by Crippen LogP contribution is -2.51. The summed E-state index contributed by atoms with van der Waals surface area (Å²) in [7, 11) is 0.187. The third-order valence-corrected chi connectivity index (χ3v) is 6.38. The van der Waals surface area contributed by atoms with Gasteiger partial charge in [-0.25, -0.2) is 8.42 Å². The molecule has 8 heteroatoms. The number of nitrogens with zero attached hydrogens (tertiary/aromatic N) is 3. The molecule has 1 aliphatic heterocycles. The second-order valence-electron chi connectivity index (χ2n) is 6.41. The number of aryl methyl sites for hydroxylation is 1. The van der Waals surface area contributed by atoms with Crippen molar-refractivity contribution in [3.8, 4) is 0 Å². The van der Waals surface area contributed by atoms with Gasteiger partial charge in [-0.15, -0.1) is 0 Å². The lowest BCUT2D eigenvalue weighted by Gasteiger charge is -2.34. The second-order valence-corrected chi connectivity index (χ2v) is 8.35. The van der Waals surface area contributed by atoms with Crippen LogP contribution in [0.1, 0.15) is 5.56 Å². The van der Waals surface area contributed by atoms with Crippen LogP contribution in [0, 0.1) is 6.92 Å². The van der Waals surface area contributed by atoms with E-state index in [0.717, 1.165) is 12.1 Å². The molecule has 0 aliphatic carbocycles. The second kappa shape index (κ2) is 8.75. The Kier molecular flexibility index (Phi) is 6.95. The number of piperazine rings is 1. The maximum absolute atomic E-state index is 12.7. The zero-order valence-corrected chi connectivity index (χ0v) is 16.1. The minimum atomic E-state index is -3.46. The smallest absolute Gasteiger partial charge is 0.243 e. The molecule has 1 fully saturated rings. The Morgan fingerprint density at radius 3 is 2.32 bits per heavy atom. The van der Waals surface area contributed by atoms with Crippen LogP contribution in [0.2, 0.25) is 0 Å². The first-order chi connectivity index (χ1) is 11.8. The minimum absolute atomic E-state index is 0.0603. The van der Waals surface area contributed by atoms with Crippen molar-refractivity contribution >= 4 is 15.9 Å². The van der Waals surface area contributed by atoms with Crippen molar-refractivity contribution in [2.75, 3.05) is 59.9 Å². The van der Waals surface area contributed by atoms with Crippen LogP contribution in [0.4, 0.5) is 0 Å². The van der Waals surface area contributed by atoms with Gasteiger partial charge in [-0.1, -0.05) is 17.7 Å². The number of nitrogens with one attached hydrogen (secondary N) is 1. The maximum Gasteiger partial charge on any atom is 0.243 e. The summed E-state index contributed by atoms with van der Waals surface area (Å²) in [6, 6.07) is 6.92. The molecule has 1 saturated heterocycles. The lowest BCUT2D eigenvalue weighted by atomic mass is 10.2. The third kappa shape index (κ3) is 5.24. The Morgan fingerprint density at radius 2 is 1.76 bits per heavy atom. The number of hydrogen-bond acceptors (Lipinski definition) is 5. The van der Waals surface area contributed by atoms with E-state index in [9.17, 15) is 13.2 Å². The van der Waals surface area contributed by atoms with Gasteiger partial charge >= 0.3 is 0 Å². The first-order valence-electron chi connectivity index (χ1n) is 8.52. The predicted molar refractivity (Wildman–Crippen MR) is 97.9 cm³/mol. The number of carbonyl (C=O) groups is 1. The topological polar surface area (TPSA) is 73.0 Å². The summed E-state index contributed by atoms with van der Waals surface area (Å²) in [4.78, 5) is 16.2. The molecule has 1 aromatic rings. The van der Waals surface area contributed by atoms with E-state index in [1.807, 2.05) is 31.0 Å². The van der Waals surface area contributed by atoms with Crippen molar-refractivity contribution in [3.63, 3.8) is 0 Å². The quantitative estimate of drug-likeness (QED) is 0.732. The lowest BCUT2D eigenvalue weighted by molar-refractivity contribution is -0.131.